The highest BCUT2D eigenvalue weighted by Gasteiger charge is 2.38. The van der Waals surface area contributed by atoms with Crippen LogP contribution in [-0.2, 0) is 0 Å². The molecule has 0 aromatic carbocycles. The van der Waals surface area contributed by atoms with Crippen molar-refractivity contribution in [3.63, 3.8) is 0 Å². The summed E-state index contributed by atoms with van der Waals surface area (Å²) in [5.41, 5.74) is 0. The largest absolute Gasteiger partial charge is 0.314 e. The van der Waals surface area contributed by atoms with E-state index in [-0.39, 0.29) is 0 Å². The first-order valence-corrected chi connectivity index (χ1v) is 9.90. The monoisotopic (exact) mass is 291 g/mol. The van der Waals surface area contributed by atoms with Crippen molar-refractivity contribution >= 4 is 0 Å². The van der Waals surface area contributed by atoms with Gasteiger partial charge >= 0.3 is 0 Å². The number of rotatable bonds is 5. The van der Waals surface area contributed by atoms with E-state index in [1.165, 1.54) is 57.9 Å². The van der Waals surface area contributed by atoms with E-state index in [1.807, 2.05) is 0 Å². The van der Waals surface area contributed by atoms with E-state index in [0.717, 1.165) is 41.5 Å². The maximum Gasteiger partial charge on any atom is 0.00683 e. The second-order valence-corrected chi connectivity index (χ2v) is 8.72. The standard InChI is InChI=1S/C20H37N/c1-4-16-6-8-18(13-21-19-9-10-19)20(12-16)17-7-5-14(2)15(3)11-17/h14-21H,4-13H2,1-3H3. The summed E-state index contributed by atoms with van der Waals surface area (Å²) in [5.74, 6) is 6.01. The van der Waals surface area contributed by atoms with E-state index in [4.69, 9.17) is 0 Å². The summed E-state index contributed by atoms with van der Waals surface area (Å²) in [6, 6.07) is 0.889. The van der Waals surface area contributed by atoms with Crippen molar-refractivity contribution in [2.75, 3.05) is 6.54 Å². The molecule has 0 bridgehead atoms. The van der Waals surface area contributed by atoms with Crippen LogP contribution >= 0.6 is 0 Å². The van der Waals surface area contributed by atoms with E-state index >= 15 is 0 Å². The van der Waals surface area contributed by atoms with E-state index < -0.39 is 0 Å². The molecule has 0 saturated heterocycles. The van der Waals surface area contributed by atoms with Crippen LogP contribution in [0, 0.1) is 35.5 Å². The van der Waals surface area contributed by atoms with E-state index in [9.17, 15) is 0 Å². The van der Waals surface area contributed by atoms with Crippen LogP contribution in [0.15, 0.2) is 0 Å². The molecule has 0 aromatic rings. The zero-order valence-electron chi connectivity index (χ0n) is 14.6. The average Bonchev–Trinajstić information content (AvgIpc) is 3.32. The molecule has 6 unspecified atom stereocenters. The molecule has 0 aliphatic heterocycles. The Balaban J connectivity index is 1.60. The molecule has 1 nitrogen and oxygen atoms in total. The fourth-order valence-corrected chi connectivity index (χ4v) is 5.14. The fourth-order valence-electron chi connectivity index (χ4n) is 5.14. The lowest BCUT2D eigenvalue weighted by Gasteiger charge is -2.44. The zero-order chi connectivity index (χ0) is 14.8. The topological polar surface area (TPSA) is 12.0 Å². The molecule has 0 heterocycles. The van der Waals surface area contributed by atoms with E-state index in [1.54, 1.807) is 6.42 Å². The predicted octanol–water partition coefficient (Wildman–Crippen LogP) is 5.25. The summed E-state index contributed by atoms with van der Waals surface area (Å²) in [6.45, 7) is 8.72. The molecule has 1 heteroatoms. The van der Waals surface area contributed by atoms with Crippen LogP contribution in [0.4, 0.5) is 0 Å². The SMILES string of the molecule is CCC1CCC(CNC2CC2)C(C2CCC(C)C(C)C2)C1. The van der Waals surface area contributed by atoms with Crippen molar-refractivity contribution in [2.45, 2.75) is 84.6 Å². The minimum atomic E-state index is 0.889. The summed E-state index contributed by atoms with van der Waals surface area (Å²) >= 11 is 0. The highest BCUT2D eigenvalue weighted by Crippen LogP contribution is 2.46. The third kappa shape index (κ3) is 4.03. The van der Waals surface area contributed by atoms with E-state index in [0.29, 0.717) is 0 Å². The molecule has 0 radical (unpaired) electrons. The van der Waals surface area contributed by atoms with Gasteiger partial charge in [0.2, 0.25) is 0 Å². The van der Waals surface area contributed by atoms with Gasteiger partial charge < -0.3 is 5.32 Å². The van der Waals surface area contributed by atoms with Gasteiger partial charge in [0.25, 0.3) is 0 Å². The molecule has 3 saturated carbocycles. The van der Waals surface area contributed by atoms with Gasteiger partial charge in [-0.2, -0.15) is 0 Å². The van der Waals surface area contributed by atoms with Gasteiger partial charge in [0, 0.05) is 6.04 Å². The number of hydrogen-bond acceptors (Lipinski definition) is 1. The maximum atomic E-state index is 3.85. The lowest BCUT2D eigenvalue weighted by molar-refractivity contribution is 0.0654. The normalized spacial score (nSPS) is 44.7. The quantitative estimate of drug-likeness (QED) is 0.729. The summed E-state index contributed by atoms with van der Waals surface area (Å²) in [4.78, 5) is 0. The Kier molecular flexibility index (Phi) is 5.30. The van der Waals surface area contributed by atoms with Crippen molar-refractivity contribution in [2.24, 2.45) is 35.5 Å². The highest BCUT2D eigenvalue weighted by molar-refractivity contribution is 4.90. The van der Waals surface area contributed by atoms with Gasteiger partial charge in [-0.3, -0.25) is 0 Å². The molecule has 3 aliphatic carbocycles. The summed E-state index contributed by atoms with van der Waals surface area (Å²) in [7, 11) is 0. The summed E-state index contributed by atoms with van der Waals surface area (Å²) in [6.07, 6.45) is 13.4. The Morgan fingerprint density at radius 2 is 1.67 bits per heavy atom. The second-order valence-electron chi connectivity index (χ2n) is 8.72. The Labute approximate surface area is 132 Å². The smallest absolute Gasteiger partial charge is 0.00683 e. The van der Waals surface area contributed by atoms with Gasteiger partial charge in [-0.25, -0.2) is 0 Å². The first-order chi connectivity index (χ1) is 10.2. The second kappa shape index (κ2) is 7.02. The Hall–Kier alpha value is -0.0400. The summed E-state index contributed by atoms with van der Waals surface area (Å²) < 4.78 is 0. The Morgan fingerprint density at radius 1 is 0.857 bits per heavy atom. The lowest BCUT2D eigenvalue weighted by Crippen LogP contribution is -2.39. The molecule has 1 N–H and O–H groups in total. The van der Waals surface area contributed by atoms with Crippen LogP contribution in [0.5, 0.6) is 0 Å². The fraction of sp³-hybridized carbons (Fsp3) is 1.00. The van der Waals surface area contributed by atoms with Crippen LogP contribution < -0.4 is 5.32 Å². The Bertz CT molecular complexity index is 322. The third-order valence-electron chi connectivity index (χ3n) is 7.22. The molecule has 0 spiro atoms. The molecule has 3 rings (SSSR count). The average molecular weight is 292 g/mol. The molecule has 0 aromatic heterocycles. The van der Waals surface area contributed by atoms with Crippen molar-refractivity contribution in [3.8, 4) is 0 Å². The highest BCUT2D eigenvalue weighted by atomic mass is 14.9. The van der Waals surface area contributed by atoms with Crippen LogP contribution in [-0.4, -0.2) is 12.6 Å². The van der Waals surface area contributed by atoms with Crippen molar-refractivity contribution < 1.29 is 0 Å². The minimum Gasteiger partial charge on any atom is -0.314 e. The van der Waals surface area contributed by atoms with E-state index in [2.05, 4.69) is 26.1 Å². The van der Waals surface area contributed by atoms with Gasteiger partial charge in [-0.1, -0.05) is 40.0 Å². The van der Waals surface area contributed by atoms with Gasteiger partial charge in [-0.05, 0) is 80.6 Å². The minimum absolute atomic E-state index is 0.889. The van der Waals surface area contributed by atoms with Gasteiger partial charge in [0.05, 0.1) is 0 Å². The molecule has 122 valence electrons. The first-order valence-electron chi connectivity index (χ1n) is 9.90. The maximum absolute atomic E-state index is 3.85. The Morgan fingerprint density at radius 3 is 2.33 bits per heavy atom. The molecule has 0 amide bonds. The van der Waals surface area contributed by atoms with Crippen molar-refractivity contribution in [1.82, 2.24) is 5.32 Å². The van der Waals surface area contributed by atoms with Crippen LogP contribution in [0.2, 0.25) is 0 Å². The number of hydrogen-bond donors (Lipinski definition) is 1. The number of nitrogens with one attached hydrogen (secondary N) is 1. The molecule has 3 fully saturated rings. The molecule has 3 aliphatic rings. The predicted molar refractivity (Wildman–Crippen MR) is 91.3 cm³/mol. The van der Waals surface area contributed by atoms with Crippen LogP contribution in [0.25, 0.3) is 0 Å². The first kappa shape index (κ1) is 15.8. The van der Waals surface area contributed by atoms with Crippen LogP contribution in [0.1, 0.15) is 78.6 Å². The molecular formula is C20H37N. The van der Waals surface area contributed by atoms with Gasteiger partial charge in [0.15, 0.2) is 0 Å². The molecular weight excluding hydrogens is 254 g/mol. The molecule has 21 heavy (non-hydrogen) atoms. The van der Waals surface area contributed by atoms with Crippen molar-refractivity contribution in [3.05, 3.63) is 0 Å². The molecule has 6 atom stereocenters. The third-order valence-corrected chi connectivity index (χ3v) is 7.22. The lowest BCUT2D eigenvalue weighted by atomic mass is 9.62. The van der Waals surface area contributed by atoms with Crippen molar-refractivity contribution in [1.29, 1.82) is 0 Å². The zero-order valence-corrected chi connectivity index (χ0v) is 14.6. The summed E-state index contributed by atoms with van der Waals surface area (Å²) in [5, 5.41) is 3.85. The van der Waals surface area contributed by atoms with Gasteiger partial charge in [-0.15, -0.1) is 0 Å². The van der Waals surface area contributed by atoms with Gasteiger partial charge in [0.1, 0.15) is 0 Å². The van der Waals surface area contributed by atoms with Crippen LogP contribution in [0.3, 0.4) is 0 Å².